The molecule has 4 aromatic rings. The third-order valence-corrected chi connectivity index (χ3v) is 4.08. The molecule has 0 saturated carbocycles. The van der Waals surface area contributed by atoms with Crippen molar-refractivity contribution >= 4 is 7.69 Å². The Balaban J connectivity index is 1.32. The largest absolute Gasteiger partial charge is 0.576 e. The van der Waals surface area contributed by atoms with Gasteiger partial charge in [-0.15, -0.1) is 0 Å². The fourth-order valence-electron chi connectivity index (χ4n) is 2.68. The summed E-state index contributed by atoms with van der Waals surface area (Å²) in [5, 5.41) is 0. The quantitative estimate of drug-likeness (QED) is 0.478. The molecular formula is C22H17BN2O2. The van der Waals surface area contributed by atoms with E-state index in [9.17, 15) is 0 Å². The van der Waals surface area contributed by atoms with E-state index >= 15 is 0 Å². The molecule has 2 aromatic heterocycles. The molecule has 0 aliphatic heterocycles. The standard InChI is InChI=1S/C22H17BN2O2/c1-3-15-24-21(5-1)17-7-11-19(12-8-17)26-23-27-20-13-9-18(10-14-20)22-6-2-4-16-25-22/h1-16,23H. The Bertz CT molecular complexity index is 893. The Morgan fingerprint density at radius 1 is 0.519 bits per heavy atom. The summed E-state index contributed by atoms with van der Waals surface area (Å²) in [5.74, 6) is 1.50. The first kappa shape index (κ1) is 16.9. The Morgan fingerprint density at radius 2 is 0.963 bits per heavy atom. The lowest BCUT2D eigenvalue weighted by atomic mass is 10.1. The first-order valence-electron chi connectivity index (χ1n) is 8.67. The molecule has 0 N–H and O–H groups in total. The molecule has 2 aromatic carbocycles. The molecule has 4 nitrogen and oxygen atoms in total. The molecule has 27 heavy (non-hydrogen) atoms. The lowest BCUT2D eigenvalue weighted by Gasteiger charge is -2.09. The van der Waals surface area contributed by atoms with Gasteiger partial charge < -0.3 is 9.31 Å². The Labute approximate surface area is 158 Å². The highest BCUT2D eigenvalue weighted by Crippen LogP contribution is 2.22. The van der Waals surface area contributed by atoms with Gasteiger partial charge in [0.2, 0.25) is 0 Å². The van der Waals surface area contributed by atoms with Crippen LogP contribution in [0.15, 0.2) is 97.3 Å². The van der Waals surface area contributed by atoms with Crippen LogP contribution in [0.3, 0.4) is 0 Å². The van der Waals surface area contributed by atoms with Gasteiger partial charge in [-0.2, -0.15) is 0 Å². The van der Waals surface area contributed by atoms with Crippen LogP contribution in [0.4, 0.5) is 0 Å². The predicted molar refractivity (Wildman–Crippen MR) is 108 cm³/mol. The average Bonchev–Trinajstić information content (AvgIpc) is 2.76. The van der Waals surface area contributed by atoms with Crippen molar-refractivity contribution in [3.63, 3.8) is 0 Å². The number of hydrogen-bond acceptors (Lipinski definition) is 4. The van der Waals surface area contributed by atoms with Gasteiger partial charge in [-0.3, -0.25) is 9.97 Å². The number of pyridine rings is 2. The zero-order chi connectivity index (χ0) is 18.3. The van der Waals surface area contributed by atoms with Crippen molar-refractivity contribution in [1.29, 1.82) is 0 Å². The summed E-state index contributed by atoms with van der Waals surface area (Å²) in [6, 6.07) is 27.3. The fraction of sp³-hybridized carbons (Fsp3) is 0. The van der Waals surface area contributed by atoms with E-state index in [1.165, 1.54) is 0 Å². The van der Waals surface area contributed by atoms with Gasteiger partial charge in [-0.05, 0) is 72.8 Å². The van der Waals surface area contributed by atoms with Gasteiger partial charge >= 0.3 is 7.69 Å². The van der Waals surface area contributed by atoms with Crippen LogP contribution in [-0.2, 0) is 0 Å². The van der Waals surface area contributed by atoms with Gasteiger partial charge in [0.1, 0.15) is 11.5 Å². The number of benzene rings is 2. The van der Waals surface area contributed by atoms with Gasteiger partial charge in [0.25, 0.3) is 0 Å². The zero-order valence-electron chi connectivity index (χ0n) is 14.7. The van der Waals surface area contributed by atoms with E-state index in [-0.39, 0.29) is 7.69 Å². The molecule has 0 spiro atoms. The second kappa shape index (κ2) is 8.19. The first-order valence-corrected chi connectivity index (χ1v) is 8.67. The Kier molecular flexibility index (Phi) is 5.11. The third-order valence-electron chi connectivity index (χ3n) is 4.08. The molecule has 0 aliphatic carbocycles. The van der Waals surface area contributed by atoms with E-state index in [1.54, 1.807) is 12.4 Å². The monoisotopic (exact) mass is 352 g/mol. The van der Waals surface area contributed by atoms with Crippen LogP contribution in [0, 0.1) is 0 Å². The van der Waals surface area contributed by atoms with Crippen LogP contribution in [0.2, 0.25) is 0 Å². The molecule has 2 heterocycles. The Hall–Kier alpha value is -3.60. The molecule has 0 fully saturated rings. The molecule has 0 radical (unpaired) electrons. The number of hydrogen-bond donors (Lipinski definition) is 0. The molecule has 130 valence electrons. The van der Waals surface area contributed by atoms with Gasteiger partial charge in [0.15, 0.2) is 0 Å². The SMILES string of the molecule is B(Oc1ccc(-c2ccccn2)cc1)Oc1ccc(-c2ccccn2)cc1. The van der Waals surface area contributed by atoms with Crippen LogP contribution in [-0.4, -0.2) is 17.7 Å². The normalized spacial score (nSPS) is 10.2. The van der Waals surface area contributed by atoms with E-state index in [0.29, 0.717) is 0 Å². The smallest absolute Gasteiger partial charge is 0.529 e. The molecule has 0 amide bonds. The summed E-state index contributed by atoms with van der Waals surface area (Å²) in [6.45, 7) is 0. The highest BCUT2D eigenvalue weighted by molar-refractivity contribution is 6.20. The highest BCUT2D eigenvalue weighted by atomic mass is 16.6. The summed E-state index contributed by atoms with van der Waals surface area (Å²) in [6.07, 6.45) is 3.57. The molecule has 0 aliphatic rings. The van der Waals surface area contributed by atoms with Crippen LogP contribution in [0.25, 0.3) is 22.5 Å². The van der Waals surface area contributed by atoms with Crippen LogP contribution in [0.1, 0.15) is 0 Å². The zero-order valence-corrected chi connectivity index (χ0v) is 14.7. The van der Waals surface area contributed by atoms with E-state index in [1.807, 2.05) is 84.9 Å². The summed E-state index contributed by atoms with van der Waals surface area (Å²) >= 11 is 0. The number of aromatic nitrogens is 2. The van der Waals surface area contributed by atoms with E-state index in [2.05, 4.69) is 9.97 Å². The predicted octanol–water partition coefficient (Wildman–Crippen LogP) is 4.53. The Morgan fingerprint density at radius 3 is 1.33 bits per heavy atom. The maximum atomic E-state index is 5.66. The van der Waals surface area contributed by atoms with Crippen molar-refractivity contribution < 1.29 is 9.31 Å². The fourth-order valence-corrected chi connectivity index (χ4v) is 2.68. The molecule has 4 rings (SSSR count). The van der Waals surface area contributed by atoms with E-state index < -0.39 is 0 Å². The maximum absolute atomic E-state index is 5.66. The van der Waals surface area contributed by atoms with Crippen LogP contribution >= 0.6 is 0 Å². The second-order valence-corrected chi connectivity index (χ2v) is 5.89. The van der Waals surface area contributed by atoms with Gasteiger partial charge in [0.05, 0.1) is 11.4 Å². The van der Waals surface area contributed by atoms with Crippen molar-refractivity contribution in [2.24, 2.45) is 0 Å². The topological polar surface area (TPSA) is 44.2 Å². The average molecular weight is 352 g/mol. The van der Waals surface area contributed by atoms with Crippen molar-refractivity contribution in [2.75, 3.05) is 0 Å². The molecule has 0 atom stereocenters. The van der Waals surface area contributed by atoms with Crippen LogP contribution in [0.5, 0.6) is 11.5 Å². The summed E-state index contributed by atoms with van der Waals surface area (Å²) in [5.41, 5.74) is 3.98. The minimum absolute atomic E-state index is 0.145. The minimum Gasteiger partial charge on any atom is -0.529 e. The van der Waals surface area contributed by atoms with Crippen LogP contribution < -0.4 is 9.31 Å². The van der Waals surface area contributed by atoms with Crippen molar-refractivity contribution in [2.45, 2.75) is 0 Å². The molecular weight excluding hydrogens is 335 g/mol. The second-order valence-electron chi connectivity index (χ2n) is 5.89. The van der Waals surface area contributed by atoms with Gasteiger partial charge in [0, 0.05) is 23.5 Å². The summed E-state index contributed by atoms with van der Waals surface area (Å²) in [7, 11) is 0.145. The minimum atomic E-state index is 0.145. The van der Waals surface area contributed by atoms with Gasteiger partial charge in [-0.25, -0.2) is 0 Å². The highest BCUT2D eigenvalue weighted by Gasteiger charge is 2.03. The van der Waals surface area contributed by atoms with E-state index in [0.717, 1.165) is 34.0 Å². The van der Waals surface area contributed by atoms with Crippen molar-refractivity contribution in [3.05, 3.63) is 97.3 Å². The van der Waals surface area contributed by atoms with Crippen molar-refractivity contribution in [1.82, 2.24) is 9.97 Å². The third kappa shape index (κ3) is 4.33. The lowest BCUT2D eigenvalue weighted by molar-refractivity contribution is 0.459. The van der Waals surface area contributed by atoms with Crippen molar-refractivity contribution in [3.8, 4) is 34.0 Å². The molecule has 5 heteroatoms. The molecule has 0 saturated heterocycles. The number of nitrogens with zero attached hydrogens (tertiary/aromatic N) is 2. The first-order chi connectivity index (χ1) is 13.4. The molecule has 0 unspecified atom stereocenters. The van der Waals surface area contributed by atoms with E-state index in [4.69, 9.17) is 9.31 Å². The maximum Gasteiger partial charge on any atom is 0.576 e. The molecule has 0 bridgehead atoms. The summed E-state index contributed by atoms with van der Waals surface area (Å²) < 4.78 is 11.3. The lowest BCUT2D eigenvalue weighted by Crippen LogP contribution is -2.10. The van der Waals surface area contributed by atoms with Gasteiger partial charge in [-0.1, -0.05) is 12.1 Å². The summed E-state index contributed by atoms with van der Waals surface area (Å²) in [4.78, 5) is 8.68. The number of rotatable bonds is 6.